The number of nitrogens with one attached hydrogen (secondary N) is 1. The van der Waals surface area contributed by atoms with Crippen LogP contribution in [0.2, 0.25) is 0 Å². The Morgan fingerprint density at radius 1 is 1.39 bits per heavy atom. The minimum Gasteiger partial charge on any atom is -0.353 e. The fraction of sp³-hybridized carbons (Fsp3) is 0.640. The molecule has 6 nitrogen and oxygen atoms in total. The molecule has 31 heavy (non-hydrogen) atoms. The number of ether oxygens (including phenoxy) is 1. The van der Waals surface area contributed by atoms with Gasteiger partial charge in [-0.05, 0) is 60.7 Å². The van der Waals surface area contributed by atoms with Crippen molar-refractivity contribution in [2.75, 3.05) is 18.5 Å². The summed E-state index contributed by atoms with van der Waals surface area (Å²) in [6.45, 7) is 18.8. The lowest BCUT2D eigenvalue weighted by molar-refractivity contribution is 0.0397. The predicted octanol–water partition coefficient (Wildman–Crippen LogP) is 6.10. The van der Waals surface area contributed by atoms with Gasteiger partial charge in [-0.1, -0.05) is 59.8 Å². The molecule has 1 aromatic heterocycles. The van der Waals surface area contributed by atoms with Crippen LogP contribution in [0.5, 0.6) is 0 Å². The molecule has 0 spiro atoms. The zero-order valence-electron chi connectivity index (χ0n) is 20.1. The van der Waals surface area contributed by atoms with Crippen molar-refractivity contribution in [2.24, 2.45) is 28.2 Å². The highest BCUT2D eigenvalue weighted by Crippen LogP contribution is 2.53. The Kier molecular flexibility index (Phi) is 7.52. The average molecular weight is 426 g/mol. The molecule has 0 aromatic carbocycles. The third kappa shape index (κ3) is 5.73. The second kappa shape index (κ2) is 9.94. The number of aromatic nitrogens is 3. The number of aliphatic imine (C=N–C) groups is 1. The van der Waals surface area contributed by atoms with Gasteiger partial charge >= 0.3 is 0 Å². The fourth-order valence-corrected chi connectivity index (χ4v) is 4.25. The molecular formula is C25H39N5O. The molecule has 0 radical (unpaired) electrons. The highest BCUT2D eigenvalue weighted by molar-refractivity contribution is 5.96. The maximum atomic E-state index is 5.86. The van der Waals surface area contributed by atoms with Crippen molar-refractivity contribution in [3.63, 3.8) is 0 Å². The van der Waals surface area contributed by atoms with E-state index in [0.717, 1.165) is 24.5 Å². The van der Waals surface area contributed by atoms with Gasteiger partial charge in [0.05, 0.1) is 0 Å². The van der Waals surface area contributed by atoms with Crippen molar-refractivity contribution in [1.82, 2.24) is 14.8 Å². The van der Waals surface area contributed by atoms with Gasteiger partial charge in [0.2, 0.25) is 5.95 Å². The zero-order chi connectivity index (χ0) is 22.6. The van der Waals surface area contributed by atoms with Crippen LogP contribution in [0.1, 0.15) is 67.0 Å². The lowest BCUT2D eigenvalue weighted by Crippen LogP contribution is -2.20. The third-order valence-corrected chi connectivity index (χ3v) is 6.50. The lowest BCUT2D eigenvalue weighted by Gasteiger charge is -2.28. The Bertz CT molecular complexity index is 858. The van der Waals surface area contributed by atoms with E-state index in [1.807, 2.05) is 25.2 Å². The average Bonchev–Trinajstić information content (AvgIpc) is 3.43. The van der Waals surface area contributed by atoms with E-state index in [0.29, 0.717) is 42.3 Å². The topological polar surface area (TPSA) is 64.3 Å². The van der Waals surface area contributed by atoms with E-state index in [1.165, 1.54) is 12.0 Å². The molecule has 4 atom stereocenters. The van der Waals surface area contributed by atoms with Crippen molar-refractivity contribution in [3.05, 3.63) is 36.5 Å². The van der Waals surface area contributed by atoms with E-state index in [2.05, 4.69) is 62.7 Å². The molecule has 3 rings (SSSR count). The first kappa shape index (κ1) is 23.5. The first-order chi connectivity index (χ1) is 14.8. The first-order valence-electron chi connectivity index (χ1n) is 11.7. The van der Waals surface area contributed by atoms with E-state index in [4.69, 9.17) is 9.73 Å². The number of anilines is 1. The van der Waals surface area contributed by atoms with Crippen molar-refractivity contribution in [3.8, 4) is 0 Å². The van der Waals surface area contributed by atoms with Gasteiger partial charge in [0.1, 0.15) is 0 Å². The van der Waals surface area contributed by atoms with Crippen molar-refractivity contribution in [2.45, 2.75) is 67.0 Å². The lowest BCUT2D eigenvalue weighted by atomic mass is 9.78. The van der Waals surface area contributed by atoms with Gasteiger partial charge in [-0.15, -0.1) is 5.10 Å². The molecule has 0 amide bonds. The van der Waals surface area contributed by atoms with Crippen LogP contribution in [0.3, 0.4) is 0 Å². The summed E-state index contributed by atoms with van der Waals surface area (Å²) in [5.41, 5.74) is 2.71. The maximum Gasteiger partial charge on any atom is 0.252 e. The molecule has 2 heterocycles. The number of fused-ring (bicyclic) bond motifs is 1. The van der Waals surface area contributed by atoms with E-state index >= 15 is 0 Å². The summed E-state index contributed by atoms with van der Waals surface area (Å²) in [5.74, 6) is 3.19. The molecule has 1 aliphatic carbocycles. The van der Waals surface area contributed by atoms with Crippen molar-refractivity contribution < 1.29 is 4.74 Å². The van der Waals surface area contributed by atoms with Gasteiger partial charge in [0.15, 0.2) is 6.23 Å². The quantitative estimate of drug-likeness (QED) is 0.460. The van der Waals surface area contributed by atoms with Crippen LogP contribution >= 0.6 is 0 Å². The van der Waals surface area contributed by atoms with Crippen LogP contribution in [0.4, 0.5) is 11.9 Å². The van der Waals surface area contributed by atoms with Crippen LogP contribution in [0.25, 0.3) is 0 Å². The fourth-order valence-electron chi connectivity index (χ4n) is 4.25. The monoisotopic (exact) mass is 425 g/mol. The molecule has 2 aliphatic rings. The summed E-state index contributed by atoms with van der Waals surface area (Å²) in [6.07, 6.45) is 11.0. The normalized spacial score (nSPS) is 24.3. The Hall–Kier alpha value is -2.21. The molecular weight excluding hydrogens is 386 g/mol. The number of nitrogens with zero attached hydrogens (tertiary/aromatic N) is 4. The SMILES string of the molecule is C=C/C=C(/CNc1nc2n(n1)C(OCC)C=CC(CCC)=N2)C1C[C@@H]1C(C)C(C)(C)C. The highest BCUT2D eigenvalue weighted by atomic mass is 16.5. The maximum absolute atomic E-state index is 5.86. The van der Waals surface area contributed by atoms with Crippen molar-refractivity contribution in [1.29, 1.82) is 0 Å². The first-order valence-corrected chi connectivity index (χ1v) is 11.7. The summed E-state index contributed by atoms with van der Waals surface area (Å²) in [6, 6.07) is 0. The summed E-state index contributed by atoms with van der Waals surface area (Å²) in [7, 11) is 0. The molecule has 1 aliphatic heterocycles. The highest BCUT2D eigenvalue weighted by Gasteiger charge is 2.46. The largest absolute Gasteiger partial charge is 0.353 e. The van der Waals surface area contributed by atoms with Crippen LogP contribution in [-0.2, 0) is 4.74 Å². The van der Waals surface area contributed by atoms with Crippen LogP contribution in [-0.4, -0.2) is 33.6 Å². The van der Waals surface area contributed by atoms with E-state index in [9.17, 15) is 0 Å². The number of allylic oxidation sites excluding steroid dienone is 3. The molecule has 0 bridgehead atoms. The molecule has 1 fully saturated rings. The predicted molar refractivity (Wildman–Crippen MR) is 129 cm³/mol. The van der Waals surface area contributed by atoms with Gasteiger partial charge in [0.25, 0.3) is 5.95 Å². The minimum absolute atomic E-state index is 0.287. The Morgan fingerprint density at radius 3 is 2.81 bits per heavy atom. The van der Waals surface area contributed by atoms with Crippen LogP contribution < -0.4 is 5.32 Å². The molecule has 1 N–H and O–H groups in total. The molecule has 170 valence electrons. The smallest absolute Gasteiger partial charge is 0.252 e. The van der Waals surface area contributed by atoms with E-state index in [-0.39, 0.29) is 6.23 Å². The summed E-state index contributed by atoms with van der Waals surface area (Å²) in [5, 5.41) is 8.10. The summed E-state index contributed by atoms with van der Waals surface area (Å²) >= 11 is 0. The third-order valence-electron chi connectivity index (χ3n) is 6.50. The van der Waals surface area contributed by atoms with Gasteiger partial charge in [0, 0.05) is 18.9 Å². The van der Waals surface area contributed by atoms with Crippen LogP contribution in [0.15, 0.2) is 41.4 Å². The molecule has 6 heteroatoms. The number of hydrogen-bond acceptors (Lipinski definition) is 5. The molecule has 1 aromatic rings. The van der Waals surface area contributed by atoms with Gasteiger partial charge in [-0.25, -0.2) is 4.99 Å². The molecule has 1 saturated carbocycles. The second-order valence-corrected chi connectivity index (χ2v) is 9.73. The Morgan fingerprint density at radius 2 is 2.16 bits per heavy atom. The Balaban J connectivity index is 1.73. The van der Waals surface area contributed by atoms with E-state index < -0.39 is 0 Å². The Labute approximate surface area is 187 Å². The van der Waals surface area contributed by atoms with Gasteiger partial charge < -0.3 is 10.1 Å². The minimum atomic E-state index is -0.287. The number of rotatable bonds is 10. The standard InChI is InChI=1S/C25H39N5O/c1-8-11-18(21-15-20(21)17(4)25(5,6)7)16-26-23-28-24-27-19(12-9-2)13-14-22(31-10-3)30(24)29-23/h8,11,13-14,17,20-22H,1,9-10,12,15-16H2,2-7H3,(H,26,29)/b18-11-/t17?,20-,21?,22?/m1/s1. The number of hydrogen-bond donors (Lipinski definition) is 1. The molecule has 3 unspecified atom stereocenters. The van der Waals surface area contributed by atoms with Gasteiger partial charge in [-0.2, -0.15) is 9.67 Å². The van der Waals surface area contributed by atoms with Crippen LogP contribution in [0, 0.1) is 23.2 Å². The van der Waals surface area contributed by atoms with Gasteiger partial charge in [-0.3, -0.25) is 0 Å². The zero-order valence-corrected chi connectivity index (χ0v) is 20.1. The summed E-state index contributed by atoms with van der Waals surface area (Å²) in [4.78, 5) is 9.38. The van der Waals surface area contributed by atoms with E-state index in [1.54, 1.807) is 4.68 Å². The van der Waals surface area contributed by atoms with Crippen molar-refractivity contribution >= 4 is 17.6 Å². The summed E-state index contributed by atoms with van der Waals surface area (Å²) < 4.78 is 7.63. The second-order valence-electron chi connectivity index (χ2n) is 9.73. The molecule has 0 saturated heterocycles.